The van der Waals surface area contributed by atoms with Crippen molar-refractivity contribution in [2.24, 2.45) is 0 Å². The fraction of sp³-hybridized carbons (Fsp3) is 0.444. The number of carbonyl (C=O) groups excluding carboxylic acids is 2. The Kier molecular flexibility index (Phi) is 5.42. The van der Waals surface area contributed by atoms with E-state index in [0.29, 0.717) is 17.9 Å². The van der Waals surface area contributed by atoms with Gasteiger partial charge in [-0.05, 0) is 32.4 Å². The molecule has 1 aliphatic heterocycles. The first-order valence-corrected chi connectivity index (χ1v) is 7.96. The van der Waals surface area contributed by atoms with Crippen LogP contribution in [0, 0.1) is 0 Å². The summed E-state index contributed by atoms with van der Waals surface area (Å²) in [5, 5.41) is 10.4. The second kappa shape index (κ2) is 7.31. The first kappa shape index (κ1) is 17.1. The zero-order valence-corrected chi connectivity index (χ0v) is 13.8. The van der Waals surface area contributed by atoms with E-state index in [1.165, 1.54) is 4.90 Å². The van der Waals surface area contributed by atoms with Gasteiger partial charge < -0.3 is 14.7 Å². The summed E-state index contributed by atoms with van der Waals surface area (Å²) in [5.41, 5.74) is 0.283. The first-order chi connectivity index (χ1) is 11.0. The summed E-state index contributed by atoms with van der Waals surface area (Å²) >= 11 is 0. The van der Waals surface area contributed by atoms with Gasteiger partial charge in [0.1, 0.15) is 17.1 Å². The van der Waals surface area contributed by atoms with E-state index in [2.05, 4.69) is 6.92 Å². The van der Waals surface area contributed by atoms with Crippen LogP contribution in [0.25, 0.3) is 5.76 Å². The molecular weight excluding hydrogens is 294 g/mol. The number of ether oxygens (including phenoxy) is 1. The second-order valence-corrected chi connectivity index (χ2v) is 5.90. The molecule has 5 nitrogen and oxygen atoms in total. The van der Waals surface area contributed by atoms with E-state index in [9.17, 15) is 14.7 Å². The summed E-state index contributed by atoms with van der Waals surface area (Å²) in [5.74, 6) is -0.427. The lowest BCUT2D eigenvalue weighted by Gasteiger charge is -2.18. The minimum atomic E-state index is -0.417. The van der Waals surface area contributed by atoms with E-state index in [1.54, 1.807) is 24.3 Å². The Bertz CT molecular complexity index is 634. The lowest BCUT2D eigenvalue weighted by atomic mass is 10.1. The Balaban J connectivity index is 2.28. The zero-order chi connectivity index (χ0) is 17.0. The second-order valence-electron chi connectivity index (χ2n) is 5.90. The predicted octanol–water partition coefficient (Wildman–Crippen LogP) is 2.95. The number of Topliss-reactive ketones (excluding diaryl/α,β-unsaturated/α-hetero) is 1. The largest absolute Gasteiger partial charge is 0.506 e. The SMILES string of the molecule is CCCCOc1cccc(/C(O)=C2\C(=O)CN(C(C)C)C2=O)c1. The number of aliphatic hydroxyl groups is 1. The van der Waals surface area contributed by atoms with Gasteiger partial charge in [-0.3, -0.25) is 9.59 Å². The molecule has 1 saturated heterocycles. The van der Waals surface area contributed by atoms with Crippen molar-refractivity contribution < 1.29 is 19.4 Å². The number of aliphatic hydroxyl groups excluding tert-OH is 1. The third kappa shape index (κ3) is 3.73. The number of rotatable bonds is 6. The van der Waals surface area contributed by atoms with E-state index in [1.807, 2.05) is 13.8 Å². The van der Waals surface area contributed by atoms with E-state index in [-0.39, 0.29) is 29.7 Å². The molecule has 0 atom stereocenters. The third-order valence-corrected chi connectivity index (χ3v) is 3.80. The molecule has 1 heterocycles. The number of unbranched alkanes of at least 4 members (excludes halogenated alkanes) is 1. The van der Waals surface area contributed by atoms with Gasteiger partial charge in [-0.2, -0.15) is 0 Å². The monoisotopic (exact) mass is 317 g/mol. The number of ketones is 1. The molecule has 23 heavy (non-hydrogen) atoms. The van der Waals surface area contributed by atoms with Crippen molar-refractivity contribution >= 4 is 17.4 Å². The normalized spacial score (nSPS) is 17.1. The number of amides is 1. The van der Waals surface area contributed by atoms with Crippen molar-refractivity contribution in [3.63, 3.8) is 0 Å². The molecule has 1 amide bonds. The van der Waals surface area contributed by atoms with Crippen LogP contribution in [0.2, 0.25) is 0 Å². The van der Waals surface area contributed by atoms with Crippen molar-refractivity contribution in [3.05, 3.63) is 35.4 Å². The highest BCUT2D eigenvalue weighted by Gasteiger charge is 2.38. The van der Waals surface area contributed by atoms with Crippen LogP contribution in [0.15, 0.2) is 29.8 Å². The summed E-state index contributed by atoms with van der Waals surface area (Å²) < 4.78 is 5.60. The zero-order valence-electron chi connectivity index (χ0n) is 13.8. The summed E-state index contributed by atoms with van der Waals surface area (Å²) in [4.78, 5) is 25.9. The van der Waals surface area contributed by atoms with Crippen LogP contribution < -0.4 is 4.74 Å². The van der Waals surface area contributed by atoms with Crippen LogP contribution in [-0.2, 0) is 9.59 Å². The quantitative estimate of drug-likeness (QED) is 0.379. The lowest BCUT2D eigenvalue weighted by Crippen LogP contribution is -2.32. The van der Waals surface area contributed by atoms with Gasteiger partial charge >= 0.3 is 0 Å². The molecule has 0 saturated carbocycles. The predicted molar refractivity (Wildman–Crippen MR) is 88.2 cm³/mol. The van der Waals surface area contributed by atoms with Crippen molar-refractivity contribution in [3.8, 4) is 5.75 Å². The van der Waals surface area contributed by atoms with Crippen LogP contribution in [0.3, 0.4) is 0 Å². The molecule has 1 N–H and O–H groups in total. The summed E-state index contributed by atoms with van der Waals surface area (Å²) in [6.07, 6.45) is 1.97. The lowest BCUT2D eigenvalue weighted by molar-refractivity contribution is -0.126. The van der Waals surface area contributed by atoms with Gasteiger partial charge in [0.15, 0.2) is 5.78 Å². The Hall–Kier alpha value is -2.30. The maximum Gasteiger partial charge on any atom is 0.262 e. The van der Waals surface area contributed by atoms with Gasteiger partial charge in [0, 0.05) is 11.6 Å². The topological polar surface area (TPSA) is 66.8 Å². The van der Waals surface area contributed by atoms with Crippen LogP contribution in [-0.4, -0.2) is 40.9 Å². The van der Waals surface area contributed by atoms with Crippen molar-refractivity contribution in [1.29, 1.82) is 0 Å². The molecule has 1 fully saturated rings. The van der Waals surface area contributed by atoms with Crippen molar-refractivity contribution in [2.45, 2.75) is 39.7 Å². The Labute approximate surface area is 136 Å². The van der Waals surface area contributed by atoms with Gasteiger partial charge in [-0.25, -0.2) is 0 Å². The fourth-order valence-electron chi connectivity index (χ4n) is 2.43. The number of likely N-dealkylation sites (tertiary alicyclic amines) is 1. The van der Waals surface area contributed by atoms with Gasteiger partial charge in [-0.1, -0.05) is 25.5 Å². The molecule has 1 aromatic rings. The average Bonchev–Trinajstić information content (AvgIpc) is 2.82. The molecule has 0 aliphatic carbocycles. The van der Waals surface area contributed by atoms with Crippen LogP contribution in [0.5, 0.6) is 5.75 Å². The molecule has 1 aromatic carbocycles. The number of hydrogen-bond acceptors (Lipinski definition) is 4. The molecule has 1 aliphatic rings. The van der Waals surface area contributed by atoms with Gasteiger partial charge in [0.2, 0.25) is 0 Å². The standard InChI is InChI=1S/C18H23NO4/c1-4-5-9-23-14-8-6-7-13(10-14)17(21)16-15(20)11-19(12(2)3)18(16)22/h6-8,10,12,21H,4-5,9,11H2,1-3H3/b17-16-. The van der Waals surface area contributed by atoms with E-state index < -0.39 is 5.91 Å². The van der Waals surface area contributed by atoms with Crippen LogP contribution in [0.1, 0.15) is 39.2 Å². The molecule has 124 valence electrons. The van der Waals surface area contributed by atoms with E-state index in [4.69, 9.17) is 4.74 Å². The van der Waals surface area contributed by atoms with Crippen LogP contribution in [0.4, 0.5) is 0 Å². The van der Waals surface area contributed by atoms with Gasteiger partial charge in [-0.15, -0.1) is 0 Å². The van der Waals surface area contributed by atoms with Gasteiger partial charge in [0.25, 0.3) is 5.91 Å². The first-order valence-electron chi connectivity index (χ1n) is 7.96. The highest BCUT2D eigenvalue weighted by atomic mass is 16.5. The minimum absolute atomic E-state index is 0.0165. The van der Waals surface area contributed by atoms with Crippen LogP contribution >= 0.6 is 0 Å². The van der Waals surface area contributed by atoms with Crippen molar-refractivity contribution in [1.82, 2.24) is 4.90 Å². The molecule has 0 aromatic heterocycles. The minimum Gasteiger partial charge on any atom is -0.506 e. The fourth-order valence-corrected chi connectivity index (χ4v) is 2.43. The molecule has 5 heteroatoms. The molecule has 0 unspecified atom stereocenters. The average molecular weight is 317 g/mol. The summed E-state index contributed by atoms with van der Waals surface area (Å²) in [6.45, 7) is 6.37. The molecule has 0 radical (unpaired) electrons. The highest BCUT2D eigenvalue weighted by molar-refractivity contribution is 6.28. The number of benzene rings is 1. The summed E-state index contributed by atoms with van der Waals surface area (Å²) in [7, 11) is 0. The van der Waals surface area contributed by atoms with Crippen molar-refractivity contribution in [2.75, 3.05) is 13.2 Å². The van der Waals surface area contributed by atoms with E-state index >= 15 is 0 Å². The maximum absolute atomic E-state index is 12.3. The molecule has 0 bridgehead atoms. The Morgan fingerprint density at radius 2 is 2.09 bits per heavy atom. The molecular formula is C18H23NO4. The molecule has 0 spiro atoms. The maximum atomic E-state index is 12.3. The number of nitrogens with zero attached hydrogens (tertiary/aromatic N) is 1. The smallest absolute Gasteiger partial charge is 0.262 e. The number of carbonyl (C=O) groups is 2. The summed E-state index contributed by atoms with van der Waals surface area (Å²) in [6, 6.07) is 6.75. The Morgan fingerprint density at radius 3 is 2.70 bits per heavy atom. The number of hydrogen-bond donors (Lipinski definition) is 1. The third-order valence-electron chi connectivity index (χ3n) is 3.80. The highest BCUT2D eigenvalue weighted by Crippen LogP contribution is 2.26. The molecule has 2 rings (SSSR count). The van der Waals surface area contributed by atoms with E-state index in [0.717, 1.165) is 12.8 Å². The van der Waals surface area contributed by atoms with Gasteiger partial charge in [0.05, 0.1) is 13.2 Å². The Morgan fingerprint density at radius 1 is 1.35 bits per heavy atom.